The number of benzene rings is 1. The third kappa shape index (κ3) is 3.22. The summed E-state index contributed by atoms with van der Waals surface area (Å²) in [5.74, 6) is 1.05. The molecular weight excluding hydrogens is 298 g/mol. The largest absolute Gasteiger partial charge is 0.491 e. The molecule has 3 rings (SSSR count). The Morgan fingerprint density at radius 1 is 1.50 bits per heavy atom. The highest BCUT2D eigenvalue weighted by Crippen LogP contribution is 2.31. The molecule has 0 saturated carbocycles. The van der Waals surface area contributed by atoms with Crippen LogP contribution in [0.5, 0.6) is 5.75 Å². The number of amides is 2. The van der Waals surface area contributed by atoms with Crippen molar-refractivity contribution in [2.24, 2.45) is 0 Å². The fourth-order valence-corrected chi connectivity index (χ4v) is 3.28. The lowest BCUT2D eigenvalue weighted by molar-refractivity contribution is 0.231. The molecule has 22 heavy (non-hydrogen) atoms. The summed E-state index contributed by atoms with van der Waals surface area (Å²) in [6.07, 6.45) is 0. The number of carbonyl (C=O) groups excluding carboxylic acids is 1. The van der Waals surface area contributed by atoms with Crippen LogP contribution in [0.25, 0.3) is 0 Å². The molecule has 2 heterocycles. The highest BCUT2D eigenvalue weighted by Gasteiger charge is 2.25. The van der Waals surface area contributed by atoms with Crippen LogP contribution in [0.15, 0.2) is 29.6 Å². The van der Waals surface area contributed by atoms with Crippen LogP contribution >= 0.6 is 11.3 Å². The summed E-state index contributed by atoms with van der Waals surface area (Å²) in [6, 6.07) is 7.51. The van der Waals surface area contributed by atoms with E-state index in [4.69, 9.17) is 4.74 Å². The van der Waals surface area contributed by atoms with Gasteiger partial charge < -0.3 is 15.4 Å². The number of aromatic nitrogens is 1. The first-order valence-electron chi connectivity index (χ1n) is 7.31. The molecule has 2 aromatic rings. The first kappa shape index (κ1) is 14.8. The van der Waals surface area contributed by atoms with Crippen LogP contribution in [0.3, 0.4) is 0 Å². The highest BCUT2D eigenvalue weighted by atomic mass is 32.1. The van der Waals surface area contributed by atoms with Gasteiger partial charge in [-0.05, 0) is 13.0 Å². The molecule has 0 aliphatic carbocycles. The van der Waals surface area contributed by atoms with Crippen LogP contribution in [0.2, 0.25) is 0 Å². The Kier molecular flexibility index (Phi) is 4.29. The van der Waals surface area contributed by atoms with Gasteiger partial charge in [-0.3, -0.25) is 0 Å². The second-order valence-electron chi connectivity index (χ2n) is 5.48. The third-order valence-electron chi connectivity index (χ3n) is 3.63. The van der Waals surface area contributed by atoms with Crippen LogP contribution in [0.1, 0.15) is 35.1 Å². The highest BCUT2D eigenvalue weighted by molar-refractivity contribution is 7.09. The van der Waals surface area contributed by atoms with Crippen LogP contribution < -0.4 is 15.4 Å². The lowest BCUT2D eigenvalue weighted by Gasteiger charge is -2.14. The second kappa shape index (κ2) is 6.36. The maximum Gasteiger partial charge on any atom is 0.315 e. The number of para-hydroxylation sites is 1. The number of thiazole rings is 1. The maximum absolute atomic E-state index is 12.1. The van der Waals surface area contributed by atoms with Crippen molar-refractivity contribution in [1.29, 1.82) is 0 Å². The lowest BCUT2D eigenvalue weighted by atomic mass is 10.1. The van der Waals surface area contributed by atoms with Crippen molar-refractivity contribution in [3.05, 3.63) is 45.9 Å². The van der Waals surface area contributed by atoms with E-state index in [0.717, 1.165) is 22.0 Å². The SMILES string of the molecule is Cc1csc(C(C)CNC(=O)NC2COc3ccccc32)n1. The van der Waals surface area contributed by atoms with Crippen molar-refractivity contribution in [2.75, 3.05) is 13.2 Å². The Morgan fingerprint density at radius 2 is 2.32 bits per heavy atom. The molecule has 2 N–H and O–H groups in total. The predicted octanol–water partition coefficient (Wildman–Crippen LogP) is 2.99. The number of hydrogen-bond donors (Lipinski definition) is 2. The smallest absolute Gasteiger partial charge is 0.315 e. The summed E-state index contributed by atoms with van der Waals surface area (Å²) in [4.78, 5) is 16.5. The number of urea groups is 1. The Labute approximate surface area is 133 Å². The van der Waals surface area contributed by atoms with Crippen molar-refractivity contribution in [2.45, 2.75) is 25.8 Å². The molecule has 1 aromatic heterocycles. The number of carbonyl (C=O) groups is 1. The summed E-state index contributed by atoms with van der Waals surface area (Å²) in [5, 5.41) is 8.94. The van der Waals surface area contributed by atoms with Crippen LogP contribution in [0, 0.1) is 6.92 Å². The molecule has 1 aromatic carbocycles. The molecular formula is C16H19N3O2S. The Balaban J connectivity index is 1.51. The third-order valence-corrected chi connectivity index (χ3v) is 4.83. The van der Waals surface area contributed by atoms with Gasteiger partial charge in [-0.15, -0.1) is 11.3 Å². The van der Waals surface area contributed by atoms with Crippen molar-refractivity contribution in [3.8, 4) is 5.75 Å². The molecule has 0 spiro atoms. The van der Waals surface area contributed by atoms with Crippen molar-refractivity contribution < 1.29 is 9.53 Å². The minimum atomic E-state index is -0.176. The first-order chi connectivity index (χ1) is 10.6. The Hall–Kier alpha value is -2.08. The lowest BCUT2D eigenvalue weighted by Crippen LogP contribution is -2.40. The van der Waals surface area contributed by atoms with Crippen molar-refractivity contribution in [1.82, 2.24) is 15.6 Å². The molecule has 0 fully saturated rings. The van der Waals surface area contributed by atoms with E-state index in [9.17, 15) is 4.79 Å². The molecule has 1 aliphatic rings. The van der Waals surface area contributed by atoms with E-state index in [1.54, 1.807) is 11.3 Å². The van der Waals surface area contributed by atoms with Gasteiger partial charge in [0, 0.05) is 29.1 Å². The molecule has 5 nitrogen and oxygen atoms in total. The maximum atomic E-state index is 12.1. The summed E-state index contributed by atoms with van der Waals surface area (Å²) in [7, 11) is 0. The molecule has 0 bridgehead atoms. The fraction of sp³-hybridized carbons (Fsp3) is 0.375. The van der Waals surface area contributed by atoms with Crippen LogP contribution in [-0.2, 0) is 0 Å². The van der Waals surface area contributed by atoms with Gasteiger partial charge in [0.2, 0.25) is 0 Å². The molecule has 0 radical (unpaired) electrons. The number of rotatable bonds is 4. The van der Waals surface area contributed by atoms with Gasteiger partial charge in [-0.2, -0.15) is 0 Å². The fourth-order valence-electron chi connectivity index (χ4n) is 2.42. The number of nitrogens with zero attached hydrogens (tertiary/aromatic N) is 1. The summed E-state index contributed by atoms with van der Waals surface area (Å²) in [5.41, 5.74) is 2.05. The van der Waals surface area contributed by atoms with E-state index in [-0.39, 0.29) is 18.0 Å². The van der Waals surface area contributed by atoms with Gasteiger partial charge >= 0.3 is 6.03 Å². The number of hydrogen-bond acceptors (Lipinski definition) is 4. The second-order valence-corrected chi connectivity index (χ2v) is 6.37. The van der Waals surface area contributed by atoms with Gasteiger partial charge in [0.25, 0.3) is 0 Å². The number of aryl methyl sites for hydroxylation is 1. The normalized spacial score (nSPS) is 17.5. The molecule has 2 unspecified atom stereocenters. The molecule has 116 valence electrons. The van der Waals surface area contributed by atoms with Gasteiger partial charge in [-0.25, -0.2) is 9.78 Å². The predicted molar refractivity (Wildman–Crippen MR) is 86.5 cm³/mol. The van der Waals surface area contributed by atoms with E-state index < -0.39 is 0 Å². The average Bonchev–Trinajstić information content (AvgIpc) is 3.12. The van der Waals surface area contributed by atoms with Gasteiger partial charge in [0.1, 0.15) is 12.4 Å². The zero-order valence-corrected chi connectivity index (χ0v) is 13.4. The van der Waals surface area contributed by atoms with Crippen molar-refractivity contribution >= 4 is 17.4 Å². The Morgan fingerprint density at radius 3 is 3.09 bits per heavy atom. The topological polar surface area (TPSA) is 63.2 Å². The van der Waals surface area contributed by atoms with Gasteiger partial charge in [0.15, 0.2) is 0 Å². The van der Waals surface area contributed by atoms with E-state index >= 15 is 0 Å². The van der Waals surface area contributed by atoms with Gasteiger partial charge in [0.05, 0.1) is 11.0 Å². The summed E-state index contributed by atoms with van der Waals surface area (Å²) in [6.45, 7) is 5.08. The number of nitrogens with one attached hydrogen (secondary N) is 2. The first-order valence-corrected chi connectivity index (χ1v) is 8.19. The van der Waals surface area contributed by atoms with Gasteiger partial charge in [-0.1, -0.05) is 25.1 Å². The standard InChI is InChI=1S/C16H19N3O2S/c1-10(15-18-11(2)9-22-15)7-17-16(20)19-13-8-21-14-6-4-3-5-12(13)14/h3-6,9-10,13H,7-8H2,1-2H3,(H2,17,19,20). The summed E-state index contributed by atoms with van der Waals surface area (Å²) < 4.78 is 5.56. The average molecular weight is 317 g/mol. The molecule has 0 saturated heterocycles. The molecule has 2 amide bonds. The van der Waals surface area contributed by atoms with E-state index in [1.807, 2.05) is 36.6 Å². The molecule has 6 heteroatoms. The molecule has 1 aliphatic heterocycles. The molecule has 2 atom stereocenters. The number of ether oxygens (including phenoxy) is 1. The minimum Gasteiger partial charge on any atom is -0.491 e. The van der Waals surface area contributed by atoms with Crippen molar-refractivity contribution in [3.63, 3.8) is 0 Å². The monoisotopic (exact) mass is 317 g/mol. The quantitative estimate of drug-likeness (QED) is 0.911. The van der Waals surface area contributed by atoms with E-state index in [2.05, 4.69) is 22.5 Å². The van der Waals surface area contributed by atoms with E-state index in [0.29, 0.717) is 13.2 Å². The zero-order chi connectivity index (χ0) is 15.5. The van der Waals surface area contributed by atoms with E-state index in [1.165, 1.54) is 0 Å². The van der Waals surface area contributed by atoms with Crippen LogP contribution in [-0.4, -0.2) is 24.2 Å². The van der Waals surface area contributed by atoms with Crippen LogP contribution in [0.4, 0.5) is 4.79 Å². The zero-order valence-electron chi connectivity index (χ0n) is 12.6. The summed E-state index contributed by atoms with van der Waals surface area (Å²) >= 11 is 1.63. The number of fused-ring (bicyclic) bond motifs is 1. The Bertz CT molecular complexity index is 671. The minimum absolute atomic E-state index is 0.0892.